The van der Waals surface area contributed by atoms with Crippen LogP contribution in [0.3, 0.4) is 0 Å². The first-order chi connectivity index (χ1) is 14.8. The maximum absolute atomic E-state index is 13.5. The Labute approximate surface area is 178 Å². The summed E-state index contributed by atoms with van der Waals surface area (Å²) >= 11 is 0. The van der Waals surface area contributed by atoms with Gasteiger partial charge in [-0.05, 0) is 50.4 Å². The van der Waals surface area contributed by atoms with E-state index in [1.165, 1.54) is 18.5 Å². The van der Waals surface area contributed by atoms with Crippen molar-refractivity contribution >= 4 is 23.0 Å². The SMILES string of the molecule is CN1CCCN(C(=O)/C=C\c2cc(C(F)(F)F)cc3ncn(-c4ccccc4)c23)CC1. The molecule has 1 aromatic heterocycles. The van der Waals surface area contributed by atoms with Crippen molar-refractivity contribution in [3.63, 3.8) is 0 Å². The Balaban J connectivity index is 1.74. The van der Waals surface area contributed by atoms with Crippen LogP contribution in [0.5, 0.6) is 0 Å². The van der Waals surface area contributed by atoms with Gasteiger partial charge in [0, 0.05) is 37.0 Å². The van der Waals surface area contributed by atoms with E-state index in [9.17, 15) is 18.0 Å². The zero-order valence-corrected chi connectivity index (χ0v) is 17.1. The highest BCUT2D eigenvalue weighted by Gasteiger charge is 2.32. The van der Waals surface area contributed by atoms with Gasteiger partial charge in [0.05, 0.1) is 16.6 Å². The lowest BCUT2D eigenvalue weighted by Gasteiger charge is -2.18. The van der Waals surface area contributed by atoms with Crippen LogP contribution < -0.4 is 0 Å². The highest BCUT2D eigenvalue weighted by molar-refractivity contribution is 5.95. The zero-order chi connectivity index (χ0) is 22.0. The Morgan fingerprint density at radius 1 is 1.06 bits per heavy atom. The van der Waals surface area contributed by atoms with Gasteiger partial charge in [0.2, 0.25) is 5.91 Å². The molecule has 0 saturated carbocycles. The molecule has 1 saturated heterocycles. The Bertz CT molecular complexity index is 1110. The molecular weight excluding hydrogens is 405 g/mol. The minimum absolute atomic E-state index is 0.202. The van der Waals surface area contributed by atoms with Crippen LogP contribution in [-0.4, -0.2) is 58.5 Å². The lowest BCUT2D eigenvalue weighted by Crippen LogP contribution is -2.33. The molecule has 0 N–H and O–H groups in total. The van der Waals surface area contributed by atoms with Crippen molar-refractivity contribution in [2.45, 2.75) is 12.6 Å². The van der Waals surface area contributed by atoms with Gasteiger partial charge < -0.3 is 9.80 Å². The molecule has 1 aliphatic heterocycles. The maximum atomic E-state index is 13.5. The largest absolute Gasteiger partial charge is 0.416 e. The first-order valence-corrected chi connectivity index (χ1v) is 10.1. The summed E-state index contributed by atoms with van der Waals surface area (Å²) in [5, 5.41) is 0. The van der Waals surface area contributed by atoms with Crippen LogP contribution in [-0.2, 0) is 11.0 Å². The van der Waals surface area contributed by atoms with Crippen molar-refractivity contribution in [1.82, 2.24) is 19.4 Å². The molecule has 0 aliphatic carbocycles. The summed E-state index contributed by atoms with van der Waals surface area (Å²) in [6.07, 6.45) is 0.694. The molecule has 31 heavy (non-hydrogen) atoms. The molecule has 1 fully saturated rings. The fourth-order valence-corrected chi connectivity index (χ4v) is 3.79. The second kappa shape index (κ2) is 8.55. The summed E-state index contributed by atoms with van der Waals surface area (Å²) in [7, 11) is 2.01. The fraction of sp³-hybridized carbons (Fsp3) is 0.304. The number of nitrogens with zero attached hydrogens (tertiary/aromatic N) is 4. The van der Waals surface area contributed by atoms with Gasteiger partial charge in [-0.1, -0.05) is 18.2 Å². The predicted molar refractivity (Wildman–Crippen MR) is 114 cm³/mol. The van der Waals surface area contributed by atoms with Gasteiger partial charge >= 0.3 is 6.18 Å². The monoisotopic (exact) mass is 428 g/mol. The van der Waals surface area contributed by atoms with Crippen molar-refractivity contribution in [2.24, 2.45) is 0 Å². The summed E-state index contributed by atoms with van der Waals surface area (Å²) in [6.45, 7) is 2.92. The Hall–Kier alpha value is -3.13. The summed E-state index contributed by atoms with van der Waals surface area (Å²) in [4.78, 5) is 20.8. The molecule has 0 unspecified atom stereocenters. The molecule has 0 atom stereocenters. The van der Waals surface area contributed by atoms with Crippen molar-refractivity contribution in [1.29, 1.82) is 0 Å². The van der Waals surface area contributed by atoms with Gasteiger partial charge in [-0.15, -0.1) is 0 Å². The van der Waals surface area contributed by atoms with Crippen molar-refractivity contribution in [2.75, 3.05) is 33.2 Å². The third kappa shape index (κ3) is 4.64. The highest BCUT2D eigenvalue weighted by atomic mass is 19.4. The maximum Gasteiger partial charge on any atom is 0.416 e. The van der Waals surface area contributed by atoms with Gasteiger partial charge in [0.25, 0.3) is 0 Å². The van der Waals surface area contributed by atoms with Crippen molar-refractivity contribution in [3.8, 4) is 5.69 Å². The van der Waals surface area contributed by atoms with Crippen molar-refractivity contribution in [3.05, 3.63) is 66.0 Å². The molecular formula is C23H23F3N4O. The normalized spacial score (nSPS) is 16.2. The number of likely N-dealkylation sites (N-methyl/N-ethyl adjacent to an activating group) is 1. The van der Waals surface area contributed by atoms with Gasteiger partial charge in [0.1, 0.15) is 6.33 Å². The number of carbonyl (C=O) groups excluding carboxylic acids is 1. The zero-order valence-electron chi connectivity index (χ0n) is 17.1. The average molecular weight is 428 g/mol. The number of aromatic nitrogens is 2. The number of para-hydroxylation sites is 1. The van der Waals surface area contributed by atoms with Crippen LogP contribution in [0.25, 0.3) is 22.8 Å². The van der Waals surface area contributed by atoms with E-state index in [-0.39, 0.29) is 11.4 Å². The fourth-order valence-electron chi connectivity index (χ4n) is 3.79. The molecule has 3 aromatic rings. The Morgan fingerprint density at radius 3 is 2.58 bits per heavy atom. The number of alkyl halides is 3. The first-order valence-electron chi connectivity index (χ1n) is 10.1. The number of fused-ring (bicyclic) bond motifs is 1. The topological polar surface area (TPSA) is 41.4 Å². The number of imidazole rings is 1. The van der Waals surface area contributed by atoms with Crippen LogP contribution in [0, 0.1) is 0 Å². The van der Waals surface area contributed by atoms with E-state index in [1.54, 1.807) is 9.47 Å². The van der Waals surface area contributed by atoms with E-state index < -0.39 is 11.7 Å². The number of amides is 1. The summed E-state index contributed by atoms with van der Waals surface area (Å²) in [5.74, 6) is -0.202. The minimum Gasteiger partial charge on any atom is -0.338 e. The van der Waals surface area contributed by atoms with Crippen LogP contribution in [0.15, 0.2) is 54.9 Å². The Morgan fingerprint density at radius 2 is 1.84 bits per heavy atom. The summed E-state index contributed by atoms with van der Waals surface area (Å²) < 4.78 is 42.1. The smallest absolute Gasteiger partial charge is 0.338 e. The van der Waals surface area contributed by atoms with Gasteiger partial charge in [-0.2, -0.15) is 13.2 Å². The van der Waals surface area contributed by atoms with Crippen LogP contribution >= 0.6 is 0 Å². The quantitative estimate of drug-likeness (QED) is 0.587. The van der Waals surface area contributed by atoms with Crippen LogP contribution in [0.4, 0.5) is 13.2 Å². The van der Waals surface area contributed by atoms with E-state index in [1.807, 2.05) is 37.4 Å². The number of halogens is 3. The summed E-state index contributed by atoms with van der Waals surface area (Å²) in [5.41, 5.74) is 1.04. The number of hydrogen-bond donors (Lipinski definition) is 0. The van der Waals surface area contributed by atoms with E-state index in [2.05, 4.69) is 9.88 Å². The molecule has 1 aliphatic rings. The van der Waals surface area contributed by atoms with Crippen molar-refractivity contribution < 1.29 is 18.0 Å². The average Bonchev–Trinajstić information content (AvgIpc) is 3.06. The molecule has 0 radical (unpaired) electrons. The van der Waals surface area contributed by atoms with Gasteiger partial charge in [-0.3, -0.25) is 9.36 Å². The number of hydrogen-bond acceptors (Lipinski definition) is 3. The molecule has 0 spiro atoms. The molecule has 1 amide bonds. The molecule has 162 valence electrons. The second-order valence-electron chi connectivity index (χ2n) is 7.70. The van der Waals surface area contributed by atoms with Gasteiger partial charge in [0.15, 0.2) is 0 Å². The Kier molecular flexibility index (Phi) is 5.82. The summed E-state index contributed by atoms with van der Waals surface area (Å²) in [6, 6.07) is 11.4. The van der Waals surface area contributed by atoms with E-state index in [4.69, 9.17) is 0 Å². The molecule has 5 nitrogen and oxygen atoms in total. The second-order valence-corrected chi connectivity index (χ2v) is 7.70. The first kappa shape index (κ1) is 21.1. The standard InChI is InChI=1S/C23H23F3N4O/c1-28-10-5-11-29(13-12-28)21(31)9-8-17-14-18(23(24,25)26)15-20-22(17)30(16-27-20)19-6-3-2-4-7-19/h2-4,6-9,14-16H,5,10-13H2,1H3/b9-8-. The molecule has 0 bridgehead atoms. The van der Waals surface area contributed by atoms with E-state index in [0.29, 0.717) is 24.2 Å². The number of benzene rings is 2. The highest BCUT2D eigenvalue weighted by Crippen LogP contribution is 2.34. The number of rotatable bonds is 3. The van der Waals surface area contributed by atoms with Crippen LogP contribution in [0.2, 0.25) is 0 Å². The lowest BCUT2D eigenvalue weighted by molar-refractivity contribution is -0.137. The van der Waals surface area contributed by atoms with Crippen LogP contribution in [0.1, 0.15) is 17.5 Å². The molecule has 4 rings (SSSR count). The third-order valence-electron chi connectivity index (χ3n) is 5.47. The minimum atomic E-state index is -4.51. The molecule has 8 heteroatoms. The van der Waals surface area contributed by atoms with E-state index >= 15 is 0 Å². The predicted octanol–water partition coefficient (Wildman–Crippen LogP) is 4.22. The lowest BCUT2D eigenvalue weighted by atomic mass is 10.1. The molecule has 2 heterocycles. The number of carbonyl (C=O) groups is 1. The third-order valence-corrected chi connectivity index (χ3v) is 5.47. The molecule has 2 aromatic carbocycles. The van der Waals surface area contributed by atoms with E-state index in [0.717, 1.165) is 37.3 Å². The van der Waals surface area contributed by atoms with Gasteiger partial charge in [-0.25, -0.2) is 4.98 Å².